The van der Waals surface area contributed by atoms with E-state index >= 15 is 0 Å². The first-order chi connectivity index (χ1) is 7.66. The molecule has 16 heavy (non-hydrogen) atoms. The van der Waals surface area contributed by atoms with Crippen molar-refractivity contribution in [2.45, 2.75) is 20.4 Å². The first-order valence-electron chi connectivity index (χ1n) is 5.95. The number of hydrogen-bond acceptors (Lipinski definition) is 3. The van der Waals surface area contributed by atoms with E-state index in [2.05, 4.69) is 36.2 Å². The van der Waals surface area contributed by atoms with Gasteiger partial charge in [-0.25, -0.2) is 0 Å². The molecule has 1 heterocycles. The molecule has 88 valence electrons. The van der Waals surface area contributed by atoms with Crippen molar-refractivity contribution in [2.24, 2.45) is 0 Å². The minimum Gasteiger partial charge on any atom is -0.398 e. The molecule has 1 aliphatic heterocycles. The fraction of sp³-hybridized carbons (Fsp3) is 0.538. The van der Waals surface area contributed by atoms with Crippen molar-refractivity contribution in [3.05, 3.63) is 28.8 Å². The van der Waals surface area contributed by atoms with E-state index in [4.69, 9.17) is 5.73 Å². The molecule has 0 unspecified atom stereocenters. The SMILES string of the molecule is Cc1cc(N)c(C)c(CN2CCNCC2)c1. The van der Waals surface area contributed by atoms with Crippen molar-refractivity contribution >= 4 is 5.69 Å². The lowest BCUT2D eigenvalue weighted by atomic mass is 10.0. The number of rotatable bonds is 2. The van der Waals surface area contributed by atoms with Gasteiger partial charge in [-0.2, -0.15) is 0 Å². The van der Waals surface area contributed by atoms with Gasteiger partial charge in [0, 0.05) is 38.4 Å². The molecule has 0 amide bonds. The second kappa shape index (κ2) is 4.85. The zero-order valence-corrected chi connectivity index (χ0v) is 10.2. The summed E-state index contributed by atoms with van der Waals surface area (Å²) in [6.45, 7) is 9.71. The fourth-order valence-electron chi connectivity index (χ4n) is 2.24. The maximum Gasteiger partial charge on any atom is 0.0349 e. The molecular formula is C13H21N3. The van der Waals surface area contributed by atoms with Crippen LogP contribution in [0.1, 0.15) is 16.7 Å². The lowest BCUT2D eigenvalue weighted by Crippen LogP contribution is -2.43. The van der Waals surface area contributed by atoms with Crippen molar-refractivity contribution in [3.63, 3.8) is 0 Å². The van der Waals surface area contributed by atoms with Crippen LogP contribution in [0.15, 0.2) is 12.1 Å². The Morgan fingerprint density at radius 3 is 2.62 bits per heavy atom. The Morgan fingerprint density at radius 1 is 1.25 bits per heavy atom. The molecule has 0 aromatic heterocycles. The molecule has 0 aliphatic carbocycles. The number of nitrogens with two attached hydrogens (primary N) is 1. The predicted octanol–water partition coefficient (Wildman–Crippen LogP) is 1.29. The zero-order chi connectivity index (χ0) is 11.5. The summed E-state index contributed by atoms with van der Waals surface area (Å²) in [5, 5.41) is 3.37. The van der Waals surface area contributed by atoms with E-state index in [1.165, 1.54) is 16.7 Å². The van der Waals surface area contributed by atoms with E-state index < -0.39 is 0 Å². The highest BCUT2D eigenvalue weighted by molar-refractivity contribution is 5.52. The van der Waals surface area contributed by atoms with Crippen molar-refractivity contribution in [3.8, 4) is 0 Å². The van der Waals surface area contributed by atoms with Crippen LogP contribution in [0.4, 0.5) is 5.69 Å². The lowest BCUT2D eigenvalue weighted by Gasteiger charge is -2.28. The van der Waals surface area contributed by atoms with Gasteiger partial charge < -0.3 is 11.1 Å². The molecule has 0 bridgehead atoms. The van der Waals surface area contributed by atoms with Gasteiger partial charge in [-0.05, 0) is 36.6 Å². The average Bonchev–Trinajstić information content (AvgIpc) is 2.27. The second-order valence-corrected chi connectivity index (χ2v) is 4.66. The fourth-order valence-corrected chi connectivity index (χ4v) is 2.24. The summed E-state index contributed by atoms with van der Waals surface area (Å²) >= 11 is 0. The third kappa shape index (κ3) is 2.54. The highest BCUT2D eigenvalue weighted by Gasteiger charge is 2.12. The third-order valence-corrected chi connectivity index (χ3v) is 3.30. The Morgan fingerprint density at radius 2 is 1.94 bits per heavy atom. The van der Waals surface area contributed by atoms with Crippen molar-refractivity contribution < 1.29 is 0 Å². The van der Waals surface area contributed by atoms with Crippen LogP contribution >= 0.6 is 0 Å². The van der Waals surface area contributed by atoms with Gasteiger partial charge in [-0.15, -0.1) is 0 Å². The van der Waals surface area contributed by atoms with E-state index in [1.807, 2.05) is 0 Å². The first-order valence-corrected chi connectivity index (χ1v) is 5.95. The summed E-state index contributed by atoms with van der Waals surface area (Å²) in [6, 6.07) is 4.31. The molecule has 1 aromatic rings. The van der Waals surface area contributed by atoms with Crippen LogP contribution < -0.4 is 11.1 Å². The third-order valence-electron chi connectivity index (χ3n) is 3.30. The summed E-state index contributed by atoms with van der Waals surface area (Å²) < 4.78 is 0. The van der Waals surface area contributed by atoms with E-state index in [0.717, 1.165) is 38.4 Å². The molecule has 2 rings (SSSR count). The van der Waals surface area contributed by atoms with E-state index in [-0.39, 0.29) is 0 Å². The number of piperazine rings is 1. The number of benzene rings is 1. The summed E-state index contributed by atoms with van der Waals surface area (Å²) in [5.74, 6) is 0. The van der Waals surface area contributed by atoms with Gasteiger partial charge in [0.2, 0.25) is 0 Å². The minimum absolute atomic E-state index is 0.921. The highest BCUT2D eigenvalue weighted by Crippen LogP contribution is 2.20. The number of nitrogen functional groups attached to an aromatic ring is 1. The number of nitrogens with one attached hydrogen (secondary N) is 1. The van der Waals surface area contributed by atoms with Gasteiger partial charge in [0.05, 0.1) is 0 Å². The van der Waals surface area contributed by atoms with E-state index in [9.17, 15) is 0 Å². The molecular weight excluding hydrogens is 198 g/mol. The van der Waals surface area contributed by atoms with Crippen LogP contribution in [0.3, 0.4) is 0 Å². The molecule has 1 aromatic carbocycles. The normalized spacial score (nSPS) is 17.6. The molecule has 0 atom stereocenters. The van der Waals surface area contributed by atoms with Gasteiger partial charge in [-0.1, -0.05) is 6.07 Å². The van der Waals surface area contributed by atoms with Gasteiger partial charge in [0.25, 0.3) is 0 Å². The molecule has 0 saturated carbocycles. The first kappa shape index (κ1) is 11.4. The molecule has 1 aliphatic rings. The Bertz CT molecular complexity index is 368. The van der Waals surface area contributed by atoms with Crippen LogP contribution in [0.25, 0.3) is 0 Å². The molecule has 3 heteroatoms. The predicted molar refractivity (Wildman–Crippen MR) is 68.5 cm³/mol. The standard InChI is InChI=1S/C13H21N3/c1-10-7-12(11(2)13(14)8-10)9-16-5-3-15-4-6-16/h7-8,15H,3-6,9,14H2,1-2H3. The van der Waals surface area contributed by atoms with Crippen LogP contribution in [0.2, 0.25) is 0 Å². The average molecular weight is 219 g/mol. The quantitative estimate of drug-likeness (QED) is 0.737. The molecule has 0 spiro atoms. The Hall–Kier alpha value is -1.06. The smallest absolute Gasteiger partial charge is 0.0349 e. The summed E-state index contributed by atoms with van der Waals surface area (Å²) in [5.41, 5.74) is 10.8. The maximum atomic E-state index is 6.00. The van der Waals surface area contributed by atoms with Gasteiger partial charge in [0.15, 0.2) is 0 Å². The number of aryl methyl sites for hydroxylation is 1. The largest absolute Gasteiger partial charge is 0.398 e. The maximum absolute atomic E-state index is 6.00. The van der Waals surface area contributed by atoms with Gasteiger partial charge in [-0.3, -0.25) is 4.90 Å². The van der Waals surface area contributed by atoms with Crippen LogP contribution in [0.5, 0.6) is 0 Å². The number of hydrogen-bond donors (Lipinski definition) is 2. The molecule has 1 fully saturated rings. The van der Waals surface area contributed by atoms with E-state index in [1.54, 1.807) is 0 Å². The monoisotopic (exact) mass is 219 g/mol. The van der Waals surface area contributed by atoms with Crippen LogP contribution in [0, 0.1) is 13.8 Å². The van der Waals surface area contributed by atoms with Crippen molar-refractivity contribution in [1.82, 2.24) is 10.2 Å². The number of nitrogens with zero attached hydrogens (tertiary/aromatic N) is 1. The molecule has 1 saturated heterocycles. The van der Waals surface area contributed by atoms with E-state index in [0.29, 0.717) is 0 Å². The Kier molecular flexibility index (Phi) is 3.46. The second-order valence-electron chi connectivity index (χ2n) is 4.66. The summed E-state index contributed by atoms with van der Waals surface area (Å²) in [4.78, 5) is 2.48. The van der Waals surface area contributed by atoms with Crippen LogP contribution in [-0.2, 0) is 6.54 Å². The molecule has 0 radical (unpaired) electrons. The van der Waals surface area contributed by atoms with Crippen molar-refractivity contribution in [2.75, 3.05) is 31.9 Å². The van der Waals surface area contributed by atoms with Crippen LogP contribution in [-0.4, -0.2) is 31.1 Å². The Balaban J connectivity index is 2.13. The molecule has 3 N–H and O–H groups in total. The highest BCUT2D eigenvalue weighted by atomic mass is 15.2. The van der Waals surface area contributed by atoms with Gasteiger partial charge in [0.1, 0.15) is 0 Å². The van der Waals surface area contributed by atoms with Gasteiger partial charge >= 0.3 is 0 Å². The van der Waals surface area contributed by atoms with Crippen molar-refractivity contribution in [1.29, 1.82) is 0 Å². The summed E-state index contributed by atoms with van der Waals surface area (Å²) in [6.07, 6.45) is 0. The minimum atomic E-state index is 0.921. The topological polar surface area (TPSA) is 41.3 Å². The Labute approximate surface area is 97.6 Å². The number of anilines is 1. The molecule has 3 nitrogen and oxygen atoms in total. The zero-order valence-electron chi connectivity index (χ0n) is 10.2. The lowest BCUT2D eigenvalue weighted by molar-refractivity contribution is 0.233. The summed E-state index contributed by atoms with van der Waals surface area (Å²) in [7, 11) is 0.